The Morgan fingerprint density at radius 3 is 2.85 bits per heavy atom. The van der Waals surface area contributed by atoms with E-state index in [1.165, 1.54) is 44.0 Å². The van der Waals surface area contributed by atoms with Gasteiger partial charge in [-0.05, 0) is 42.0 Å². The normalized spacial score (nSPS) is 10.9. The number of aromatic nitrogens is 3. The van der Waals surface area contributed by atoms with E-state index in [1.807, 2.05) is 6.07 Å². The van der Waals surface area contributed by atoms with Crippen LogP contribution in [0.5, 0.6) is 5.75 Å². The number of anilines is 1. The van der Waals surface area contributed by atoms with Gasteiger partial charge in [0.05, 0.1) is 18.5 Å². The Kier molecular flexibility index (Phi) is 5.43. The van der Waals surface area contributed by atoms with Crippen molar-refractivity contribution in [2.75, 3.05) is 12.4 Å². The lowest BCUT2D eigenvalue weighted by Crippen LogP contribution is -2.11. The van der Waals surface area contributed by atoms with E-state index in [9.17, 15) is 9.18 Å². The fourth-order valence-electron chi connectivity index (χ4n) is 2.27. The molecule has 2 aromatic carbocycles. The van der Waals surface area contributed by atoms with Gasteiger partial charge in [0.25, 0.3) is 0 Å². The Morgan fingerprint density at radius 2 is 2.15 bits per heavy atom. The first-order valence-corrected chi connectivity index (χ1v) is 8.33. The Hall–Kier alpha value is -3.00. The van der Waals surface area contributed by atoms with Gasteiger partial charge in [-0.15, -0.1) is 0 Å². The molecule has 0 aliphatic heterocycles. The van der Waals surface area contributed by atoms with E-state index in [0.29, 0.717) is 16.9 Å². The van der Waals surface area contributed by atoms with E-state index in [0.717, 1.165) is 4.47 Å². The minimum atomic E-state index is -0.490. The number of carbonyl (C=O) groups excluding carboxylic acids is 1. The van der Waals surface area contributed by atoms with Crippen LogP contribution >= 0.6 is 15.9 Å². The molecule has 1 aromatic heterocycles. The van der Waals surface area contributed by atoms with Crippen LogP contribution in [0.4, 0.5) is 10.1 Å². The van der Waals surface area contributed by atoms with Crippen molar-refractivity contribution in [2.24, 2.45) is 0 Å². The number of ether oxygens (including phenoxy) is 1. The molecule has 1 N–H and O–H groups in total. The zero-order valence-corrected chi connectivity index (χ0v) is 15.3. The summed E-state index contributed by atoms with van der Waals surface area (Å²) < 4.78 is 20.9. The predicted molar refractivity (Wildman–Crippen MR) is 99.7 cm³/mol. The molecule has 0 atom stereocenters. The number of hydrogen-bond acceptors (Lipinski definition) is 4. The monoisotopic (exact) mass is 416 g/mol. The number of halogens is 2. The van der Waals surface area contributed by atoms with Crippen molar-refractivity contribution in [1.82, 2.24) is 14.8 Å². The molecule has 3 rings (SSSR count). The smallest absolute Gasteiger partial charge is 0.248 e. The molecule has 132 valence electrons. The van der Waals surface area contributed by atoms with Crippen LogP contribution in [-0.4, -0.2) is 27.8 Å². The molecule has 1 heterocycles. The third-order valence-corrected chi connectivity index (χ3v) is 3.98. The first kappa shape index (κ1) is 17.8. The summed E-state index contributed by atoms with van der Waals surface area (Å²) in [4.78, 5) is 16.2. The fraction of sp³-hybridized carbons (Fsp3) is 0.0556. The third-order valence-electron chi connectivity index (χ3n) is 3.49. The SMILES string of the molecule is COc1ccc(/C=C/C(=O)Nc2cc(Br)ccc2-n2cncn2)cc1F. The van der Waals surface area contributed by atoms with Gasteiger partial charge in [0, 0.05) is 10.5 Å². The van der Waals surface area contributed by atoms with Crippen LogP contribution in [-0.2, 0) is 4.79 Å². The van der Waals surface area contributed by atoms with E-state index in [1.54, 1.807) is 22.9 Å². The van der Waals surface area contributed by atoms with Crippen molar-refractivity contribution in [3.8, 4) is 11.4 Å². The molecule has 0 spiro atoms. The molecule has 3 aromatic rings. The van der Waals surface area contributed by atoms with Gasteiger partial charge in [-0.3, -0.25) is 4.79 Å². The lowest BCUT2D eigenvalue weighted by molar-refractivity contribution is -0.111. The van der Waals surface area contributed by atoms with Crippen LogP contribution in [0.2, 0.25) is 0 Å². The Bertz CT molecular complexity index is 958. The van der Waals surface area contributed by atoms with E-state index in [-0.39, 0.29) is 11.7 Å². The van der Waals surface area contributed by atoms with Crippen molar-refractivity contribution in [1.29, 1.82) is 0 Å². The van der Waals surface area contributed by atoms with Gasteiger partial charge in [0.15, 0.2) is 11.6 Å². The highest BCUT2D eigenvalue weighted by molar-refractivity contribution is 9.10. The maximum atomic E-state index is 13.7. The lowest BCUT2D eigenvalue weighted by Gasteiger charge is -2.10. The van der Waals surface area contributed by atoms with Gasteiger partial charge < -0.3 is 10.1 Å². The second-order valence-electron chi connectivity index (χ2n) is 5.22. The summed E-state index contributed by atoms with van der Waals surface area (Å²) in [6, 6.07) is 9.85. The molecule has 0 radical (unpaired) electrons. The number of rotatable bonds is 5. The molecule has 26 heavy (non-hydrogen) atoms. The average molecular weight is 417 g/mol. The third kappa shape index (κ3) is 4.15. The topological polar surface area (TPSA) is 69.0 Å². The minimum absolute atomic E-state index is 0.151. The molecular formula is C18H14BrFN4O2. The highest BCUT2D eigenvalue weighted by atomic mass is 79.9. The molecule has 0 fully saturated rings. The Morgan fingerprint density at radius 1 is 1.31 bits per heavy atom. The summed E-state index contributed by atoms with van der Waals surface area (Å²) in [5.41, 5.74) is 1.77. The van der Waals surface area contributed by atoms with Gasteiger partial charge in [0.2, 0.25) is 5.91 Å². The number of benzene rings is 2. The number of hydrogen-bond donors (Lipinski definition) is 1. The molecule has 0 aliphatic carbocycles. The van der Waals surface area contributed by atoms with Crippen LogP contribution in [0.25, 0.3) is 11.8 Å². The molecule has 8 heteroatoms. The number of nitrogens with one attached hydrogen (secondary N) is 1. The summed E-state index contributed by atoms with van der Waals surface area (Å²) in [6.45, 7) is 0. The number of methoxy groups -OCH3 is 1. The number of amides is 1. The second-order valence-corrected chi connectivity index (χ2v) is 6.13. The highest BCUT2D eigenvalue weighted by Gasteiger charge is 2.09. The molecular weight excluding hydrogens is 403 g/mol. The van der Waals surface area contributed by atoms with Crippen LogP contribution < -0.4 is 10.1 Å². The molecule has 0 bridgehead atoms. The van der Waals surface area contributed by atoms with Crippen LogP contribution in [0.15, 0.2) is 59.6 Å². The quantitative estimate of drug-likeness (QED) is 0.641. The van der Waals surface area contributed by atoms with E-state index in [4.69, 9.17) is 4.74 Å². The van der Waals surface area contributed by atoms with Crippen molar-refractivity contribution in [3.05, 3.63) is 71.0 Å². The van der Waals surface area contributed by atoms with Gasteiger partial charge >= 0.3 is 0 Å². The van der Waals surface area contributed by atoms with Gasteiger partial charge in [-0.1, -0.05) is 22.0 Å². The van der Waals surface area contributed by atoms with E-state index < -0.39 is 5.82 Å². The zero-order valence-electron chi connectivity index (χ0n) is 13.7. The van der Waals surface area contributed by atoms with Gasteiger partial charge in [0.1, 0.15) is 12.7 Å². The summed E-state index contributed by atoms with van der Waals surface area (Å²) in [5, 5.41) is 6.86. The summed E-state index contributed by atoms with van der Waals surface area (Å²) in [7, 11) is 1.39. The van der Waals surface area contributed by atoms with Crippen LogP contribution in [0.3, 0.4) is 0 Å². The Balaban J connectivity index is 1.78. The molecule has 0 aliphatic rings. The number of carbonyl (C=O) groups is 1. The molecule has 0 saturated carbocycles. The lowest BCUT2D eigenvalue weighted by atomic mass is 10.2. The maximum absolute atomic E-state index is 13.7. The summed E-state index contributed by atoms with van der Waals surface area (Å²) in [5.74, 6) is -0.700. The van der Waals surface area contributed by atoms with Crippen molar-refractivity contribution in [2.45, 2.75) is 0 Å². The average Bonchev–Trinajstić information content (AvgIpc) is 3.14. The maximum Gasteiger partial charge on any atom is 0.248 e. The van der Waals surface area contributed by atoms with Crippen molar-refractivity contribution >= 4 is 33.6 Å². The molecule has 0 unspecified atom stereocenters. The van der Waals surface area contributed by atoms with Crippen molar-refractivity contribution in [3.63, 3.8) is 0 Å². The zero-order chi connectivity index (χ0) is 18.5. The summed E-state index contributed by atoms with van der Waals surface area (Å²) >= 11 is 3.38. The van der Waals surface area contributed by atoms with E-state index >= 15 is 0 Å². The first-order valence-electron chi connectivity index (χ1n) is 7.54. The largest absolute Gasteiger partial charge is 0.494 e. The number of nitrogens with zero attached hydrogens (tertiary/aromatic N) is 3. The van der Waals surface area contributed by atoms with Crippen molar-refractivity contribution < 1.29 is 13.9 Å². The fourth-order valence-corrected chi connectivity index (χ4v) is 2.63. The predicted octanol–water partition coefficient (Wildman–Crippen LogP) is 3.83. The van der Waals surface area contributed by atoms with Gasteiger partial charge in [-0.2, -0.15) is 5.10 Å². The van der Waals surface area contributed by atoms with Gasteiger partial charge in [-0.25, -0.2) is 14.1 Å². The van der Waals surface area contributed by atoms with Crippen LogP contribution in [0.1, 0.15) is 5.56 Å². The van der Waals surface area contributed by atoms with E-state index in [2.05, 4.69) is 31.3 Å². The summed E-state index contributed by atoms with van der Waals surface area (Å²) in [6.07, 6.45) is 5.79. The standard InChI is InChI=1S/C18H14BrFN4O2/c1-26-17-6-2-12(8-14(17)20)3-7-18(25)23-15-9-13(19)4-5-16(15)24-11-21-10-22-24/h2-11H,1H3,(H,23,25)/b7-3+. The molecule has 1 amide bonds. The Labute approximate surface area is 157 Å². The first-order chi connectivity index (χ1) is 12.6. The van der Waals surface area contributed by atoms with Crippen LogP contribution in [0, 0.1) is 5.82 Å². The molecule has 0 saturated heterocycles. The second kappa shape index (κ2) is 7.92. The molecule has 6 nitrogen and oxygen atoms in total. The highest BCUT2D eigenvalue weighted by Crippen LogP contribution is 2.24. The minimum Gasteiger partial charge on any atom is -0.494 e.